The highest BCUT2D eigenvalue weighted by atomic mass is 16.7. The van der Waals surface area contributed by atoms with E-state index in [0.717, 1.165) is 0 Å². The first-order chi connectivity index (χ1) is 9.05. The maximum absolute atomic E-state index is 10.1. The molecule has 4 nitrogen and oxygen atoms in total. The molecule has 0 amide bonds. The number of benzene rings is 1. The van der Waals surface area contributed by atoms with Crippen molar-refractivity contribution in [1.82, 2.24) is 0 Å². The second-order valence-corrected chi connectivity index (χ2v) is 6.72. The van der Waals surface area contributed by atoms with Crippen LogP contribution < -0.4 is 5.46 Å². The average molecular weight is 278 g/mol. The monoisotopic (exact) mass is 278 g/mol. The number of hydrogen-bond donors (Lipinski definition) is 2. The fourth-order valence-electron chi connectivity index (χ4n) is 2.35. The van der Waals surface area contributed by atoms with E-state index in [2.05, 4.69) is 0 Å². The highest BCUT2D eigenvalue weighted by Gasteiger charge is 2.51. The van der Waals surface area contributed by atoms with Gasteiger partial charge in [-0.2, -0.15) is 0 Å². The van der Waals surface area contributed by atoms with Gasteiger partial charge >= 0.3 is 7.12 Å². The third kappa shape index (κ3) is 2.40. The van der Waals surface area contributed by atoms with Gasteiger partial charge in [-0.3, -0.25) is 0 Å². The topological polar surface area (TPSA) is 58.9 Å². The van der Waals surface area contributed by atoms with Crippen LogP contribution in [0.15, 0.2) is 12.1 Å². The zero-order valence-corrected chi connectivity index (χ0v) is 13.0. The van der Waals surface area contributed by atoms with Crippen molar-refractivity contribution in [3.05, 3.63) is 17.7 Å². The van der Waals surface area contributed by atoms with E-state index < -0.39 is 18.3 Å². The Hall–Kier alpha value is -1.20. The molecule has 20 heavy (non-hydrogen) atoms. The zero-order valence-electron chi connectivity index (χ0n) is 13.0. The van der Waals surface area contributed by atoms with E-state index in [4.69, 9.17) is 9.31 Å². The largest absolute Gasteiger partial charge is 0.508 e. The molecule has 0 radical (unpaired) electrons. The third-order valence-corrected chi connectivity index (χ3v) is 4.26. The van der Waals surface area contributed by atoms with Crippen molar-refractivity contribution in [2.45, 2.75) is 58.7 Å². The fourth-order valence-corrected chi connectivity index (χ4v) is 2.35. The van der Waals surface area contributed by atoms with Crippen LogP contribution in [0.2, 0.25) is 0 Å². The van der Waals surface area contributed by atoms with Crippen LogP contribution in [0.4, 0.5) is 0 Å². The summed E-state index contributed by atoms with van der Waals surface area (Å²) >= 11 is 0. The standard InChI is InChI=1S/C15H23BO4/c1-9(2)13-11(17)7-10(8-12(13)18)16-19-14(3,4)15(5,6)20-16/h7-9,17-18H,1-6H3. The van der Waals surface area contributed by atoms with E-state index in [1.54, 1.807) is 12.1 Å². The summed E-state index contributed by atoms with van der Waals surface area (Å²) in [6.45, 7) is 11.7. The Kier molecular flexibility index (Phi) is 3.55. The molecule has 1 aromatic rings. The lowest BCUT2D eigenvalue weighted by atomic mass is 9.77. The first-order valence-electron chi connectivity index (χ1n) is 6.96. The molecule has 1 aliphatic rings. The minimum Gasteiger partial charge on any atom is -0.508 e. The Morgan fingerprint density at radius 2 is 1.35 bits per heavy atom. The van der Waals surface area contributed by atoms with Crippen LogP contribution in [-0.2, 0) is 9.31 Å². The summed E-state index contributed by atoms with van der Waals surface area (Å²) < 4.78 is 11.8. The van der Waals surface area contributed by atoms with Crippen molar-refractivity contribution in [2.75, 3.05) is 0 Å². The van der Waals surface area contributed by atoms with Gasteiger partial charge in [0.15, 0.2) is 0 Å². The van der Waals surface area contributed by atoms with Crippen molar-refractivity contribution >= 4 is 12.6 Å². The van der Waals surface area contributed by atoms with Gasteiger partial charge in [-0.15, -0.1) is 0 Å². The number of hydrogen-bond acceptors (Lipinski definition) is 4. The Morgan fingerprint density at radius 1 is 0.950 bits per heavy atom. The molecular formula is C15H23BO4. The second-order valence-electron chi connectivity index (χ2n) is 6.72. The van der Waals surface area contributed by atoms with E-state index in [1.165, 1.54) is 0 Å². The SMILES string of the molecule is CC(C)c1c(O)cc(B2OC(C)(C)C(C)(C)O2)cc1O. The summed E-state index contributed by atoms with van der Waals surface area (Å²) in [5, 5.41) is 20.2. The summed E-state index contributed by atoms with van der Waals surface area (Å²) in [7, 11) is -0.585. The van der Waals surface area contributed by atoms with Gasteiger partial charge in [-0.1, -0.05) is 13.8 Å². The fraction of sp³-hybridized carbons (Fsp3) is 0.600. The Morgan fingerprint density at radius 3 is 1.70 bits per heavy atom. The Bertz CT molecular complexity index is 484. The van der Waals surface area contributed by atoms with Crippen LogP contribution in [0.1, 0.15) is 53.0 Å². The van der Waals surface area contributed by atoms with E-state index in [1.807, 2.05) is 41.5 Å². The van der Waals surface area contributed by atoms with Crippen molar-refractivity contribution < 1.29 is 19.5 Å². The van der Waals surface area contributed by atoms with E-state index in [9.17, 15) is 10.2 Å². The van der Waals surface area contributed by atoms with Crippen LogP contribution in [-0.4, -0.2) is 28.5 Å². The third-order valence-electron chi connectivity index (χ3n) is 4.26. The predicted molar refractivity (Wildman–Crippen MR) is 79.6 cm³/mol. The molecule has 0 aromatic heterocycles. The van der Waals surface area contributed by atoms with Crippen molar-refractivity contribution in [3.8, 4) is 11.5 Å². The van der Waals surface area contributed by atoms with Crippen LogP contribution in [0.5, 0.6) is 11.5 Å². The minimum atomic E-state index is -0.585. The molecule has 2 N–H and O–H groups in total. The Balaban J connectivity index is 2.37. The zero-order chi connectivity index (χ0) is 15.3. The van der Waals surface area contributed by atoms with Crippen molar-refractivity contribution in [3.63, 3.8) is 0 Å². The van der Waals surface area contributed by atoms with Gasteiger partial charge in [-0.05, 0) is 51.2 Å². The van der Waals surface area contributed by atoms with Gasteiger partial charge in [0.05, 0.1) is 11.2 Å². The molecule has 0 aliphatic carbocycles. The van der Waals surface area contributed by atoms with Gasteiger partial charge < -0.3 is 19.5 Å². The van der Waals surface area contributed by atoms with E-state index in [0.29, 0.717) is 11.0 Å². The summed E-state index contributed by atoms with van der Waals surface area (Å²) in [5.41, 5.74) is 0.285. The van der Waals surface area contributed by atoms with Crippen molar-refractivity contribution in [2.24, 2.45) is 0 Å². The molecule has 0 spiro atoms. The second kappa shape index (κ2) is 4.67. The lowest BCUT2D eigenvalue weighted by molar-refractivity contribution is 0.00578. The molecule has 0 atom stereocenters. The number of rotatable bonds is 2. The predicted octanol–water partition coefficient (Wildman–Crippen LogP) is 2.52. The maximum atomic E-state index is 10.1. The molecule has 1 aliphatic heterocycles. The molecule has 0 bridgehead atoms. The molecule has 1 heterocycles. The van der Waals surface area contributed by atoms with Gasteiger partial charge in [-0.25, -0.2) is 0 Å². The molecule has 0 unspecified atom stereocenters. The average Bonchev–Trinajstić information content (AvgIpc) is 2.46. The molecule has 5 heteroatoms. The minimum absolute atomic E-state index is 0.0438. The molecule has 1 fully saturated rings. The highest BCUT2D eigenvalue weighted by molar-refractivity contribution is 6.62. The summed E-state index contributed by atoms with van der Waals surface area (Å²) in [6.07, 6.45) is 0. The van der Waals surface area contributed by atoms with Crippen LogP contribution >= 0.6 is 0 Å². The summed E-state index contributed by atoms with van der Waals surface area (Å²) in [4.78, 5) is 0. The maximum Gasteiger partial charge on any atom is 0.495 e. The van der Waals surface area contributed by atoms with Gasteiger partial charge in [0, 0.05) is 5.56 Å². The first-order valence-corrected chi connectivity index (χ1v) is 6.96. The normalized spacial score (nSPS) is 20.6. The van der Waals surface area contributed by atoms with Crippen LogP contribution in [0, 0.1) is 0 Å². The lowest BCUT2D eigenvalue weighted by Crippen LogP contribution is -2.41. The van der Waals surface area contributed by atoms with Gasteiger partial charge in [0.1, 0.15) is 11.5 Å². The first kappa shape index (κ1) is 15.2. The molecule has 1 aromatic carbocycles. The molecule has 1 saturated heterocycles. The lowest BCUT2D eigenvalue weighted by Gasteiger charge is -2.32. The quantitative estimate of drug-likeness (QED) is 0.816. The van der Waals surface area contributed by atoms with Gasteiger partial charge in [0.2, 0.25) is 0 Å². The smallest absolute Gasteiger partial charge is 0.495 e. The molecule has 110 valence electrons. The van der Waals surface area contributed by atoms with Crippen LogP contribution in [0.3, 0.4) is 0 Å². The number of phenolic OH excluding ortho intramolecular Hbond substituents is 2. The highest BCUT2D eigenvalue weighted by Crippen LogP contribution is 2.38. The van der Waals surface area contributed by atoms with Gasteiger partial charge in [0.25, 0.3) is 0 Å². The van der Waals surface area contributed by atoms with E-state index in [-0.39, 0.29) is 17.4 Å². The van der Waals surface area contributed by atoms with E-state index >= 15 is 0 Å². The summed E-state index contributed by atoms with van der Waals surface area (Å²) in [5.74, 6) is 0.191. The number of phenols is 2. The molecular weight excluding hydrogens is 255 g/mol. The summed E-state index contributed by atoms with van der Waals surface area (Å²) in [6, 6.07) is 3.22. The molecule has 2 rings (SSSR count). The van der Waals surface area contributed by atoms with Crippen molar-refractivity contribution in [1.29, 1.82) is 0 Å². The Labute approximate surface area is 120 Å². The van der Waals surface area contributed by atoms with Crippen LogP contribution in [0.25, 0.3) is 0 Å². The molecule has 0 saturated carbocycles. The number of aromatic hydroxyl groups is 2.